The largest absolute Gasteiger partial charge is 0.391 e. The Hall–Kier alpha value is -0.650. The third-order valence-corrected chi connectivity index (χ3v) is 4.19. The number of hydrogen-bond donors (Lipinski definition) is 3. The maximum atomic E-state index is 9.93. The number of halogens is 1. The molecule has 0 spiro atoms. The van der Waals surface area contributed by atoms with E-state index in [0.717, 1.165) is 35.0 Å². The Labute approximate surface area is 121 Å². The van der Waals surface area contributed by atoms with E-state index in [1.54, 1.807) is 0 Å². The number of nitrogens with one attached hydrogen (secondary N) is 1. The van der Waals surface area contributed by atoms with E-state index < -0.39 is 0 Å². The van der Waals surface area contributed by atoms with Gasteiger partial charge in [0, 0.05) is 15.7 Å². The molecule has 3 nitrogen and oxygen atoms in total. The Bertz CT molecular complexity index is 453. The molecule has 0 amide bonds. The molecule has 1 saturated carbocycles. The van der Waals surface area contributed by atoms with E-state index in [9.17, 15) is 5.11 Å². The summed E-state index contributed by atoms with van der Waals surface area (Å²) in [5.41, 5.74) is 7.42. The molecule has 0 heterocycles. The molecule has 1 aliphatic carbocycles. The molecule has 0 saturated heterocycles. The predicted molar refractivity (Wildman–Crippen MR) is 81.9 cm³/mol. The fraction of sp³-hybridized carbons (Fsp3) is 0.462. The van der Waals surface area contributed by atoms with Crippen LogP contribution in [0, 0.1) is 0 Å². The van der Waals surface area contributed by atoms with Crippen LogP contribution in [-0.2, 0) is 0 Å². The summed E-state index contributed by atoms with van der Waals surface area (Å²) < 4.78 is 0.880. The smallest absolute Gasteiger partial charge is 0.105 e. The normalized spacial score (nSPS) is 23.7. The fourth-order valence-corrected chi connectivity index (χ4v) is 3.20. The van der Waals surface area contributed by atoms with Crippen molar-refractivity contribution >= 4 is 38.8 Å². The molecule has 2 atom stereocenters. The third kappa shape index (κ3) is 3.22. The van der Waals surface area contributed by atoms with Gasteiger partial charge in [-0.1, -0.05) is 25.1 Å². The van der Waals surface area contributed by atoms with Crippen molar-refractivity contribution in [3.8, 4) is 0 Å². The minimum Gasteiger partial charge on any atom is -0.391 e. The molecular weight excluding hydrogens is 312 g/mol. The van der Waals surface area contributed by atoms with Crippen molar-refractivity contribution in [1.82, 2.24) is 0 Å². The highest BCUT2D eigenvalue weighted by atomic mass is 79.9. The van der Waals surface area contributed by atoms with Crippen molar-refractivity contribution in [3.05, 3.63) is 28.2 Å². The summed E-state index contributed by atoms with van der Waals surface area (Å²) in [4.78, 5) is 0.381. The molecule has 2 rings (SSSR count). The summed E-state index contributed by atoms with van der Waals surface area (Å²) >= 11 is 8.42. The van der Waals surface area contributed by atoms with Gasteiger partial charge in [0.1, 0.15) is 4.99 Å². The topological polar surface area (TPSA) is 58.3 Å². The highest BCUT2D eigenvalue weighted by molar-refractivity contribution is 9.10. The van der Waals surface area contributed by atoms with E-state index in [1.807, 2.05) is 18.2 Å². The summed E-state index contributed by atoms with van der Waals surface area (Å²) in [5.74, 6) is 0. The number of hydrogen-bond acceptors (Lipinski definition) is 3. The van der Waals surface area contributed by atoms with E-state index in [1.165, 1.54) is 6.42 Å². The van der Waals surface area contributed by atoms with Gasteiger partial charge in [-0.3, -0.25) is 0 Å². The van der Waals surface area contributed by atoms with Gasteiger partial charge in [0.15, 0.2) is 0 Å². The molecule has 5 heteroatoms. The number of nitrogens with two attached hydrogens (primary N) is 1. The van der Waals surface area contributed by atoms with Gasteiger partial charge in [0.2, 0.25) is 0 Å². The highest BCUT2D eigenvalue weighted by Crippen LogP contribution is 2.25. The Balaban J connectivity index is 2.10. The first-order valence-electron chi connectivity index (χ1n) is 6.12. The number of benzene rings is 1. The summed E-state index contributed by atoms with van der Waals surface area (Å²) in [6, 6.07) is 5.93. The van der Waals surface area contributed by atoms with Crippen molar-refractivity contribution in [2.24, 2.45) is 5.73 Å². The zero-order valence-corrected chi connectivity index (χ0v) is 12.4. The average Bonchev–Trinajstić information content (AvgIpc) is 2.32. The van der Waals surface area contributed by atoms with Crippen LogP contribution in [0.1, 0.15) is 31.2 Å². The molecule has 98 valence electrons. The molecule has 18 heavy (non-hydrogen) atoms. The highest BCUT2D eigenvalue weighted by Gasteiger charge is 2.22. The molecule has 0 radical (unpaired) electrons. The summed E-state index contributed by atoms with van der Waals surface area (Å²) in [7, 11) is 0. The molecule has 0 aliphatic heterocycles. The number of aliphatic hydroxyl groups is 1. The van der Waals surface area contributed by atoms with Gasteiger partial charge in [-0.15, -0.1) is 0 Å². The predicted octanol–water partition coefficient (Wildman–Crippen LogP) is 2.80. The van der Waals surface area contributed by atoms with Crippen molar-refractivity contribution in [1.29, 1.82) is 0 Å². The summed E-state index contributed by atoms with van der Waals surface area (Å²) in [6.45, 7) is 0. The van der Waals surface area contributed by atoms with Crippen LogP contribution in [-0.4, -0.2) is 22.2 Å². The number of rotatable bonds is 3. The van der Waals surface area contributed by atoms with Crippen LogP contribution < -0.4 is 11.1 Å². The van der Waals surface area contributed by atoms with Crippen LogP contribution in [0.4, 0.5) is 5.69 Å². The maximum absolute atomic E-state index is 9.93. The van der Waals surface area contributed by atoms with Gasteiger partial charge >= 0.3 is 0 Å². The van der Waals surface area contributed by atoms with Crippen molar-refractivity contribution in [2.75, 3.05) is 5.32 Å². The Kier molecular flexibility index (Phi) is 4.59. The lowest BCUT2D eigenvalue weighted by Gasteiger charge is -2.29. The summed E-state index contributed by atoms with van der Waals surface area (Å²) in [6.07, 6.45) is 3.91. The standard InChI is InChI=1S/C13H17BrN2OS/c14-10-7-8(5-6-9(10)13(15)18)16-11-3-1-2-4-12(11)17/h5-7,11-12,16-17H,1-4H2,(H2,15,18). The Morgan fingerprint density at radius 2 is 2.11 bits per heavy atom. The quantitative estimate of drug-likeness (QED) is 0.747. The van der Waals surface area contributed by atoms with Crippen LogP contribution in [0.5, 0.6) is 0 Å². The molecule has 1 aromatic rings. The first-order valence-corrected chi connectivity index (χ1v) is 7.32. The van der Waals surface area contributed by atoms with E-state index in [2.05, 4.69) is 21.2 Å². The molecular formula is C13H17BrN2OS. The number of anilines is 1. The van der Waals surface area contributed by atoms with Gasteiger partial charge in [-0.05, 0) is 47.0 Å². The molecule has 0 aromatic heterocycles. The molecule has 1 aliphatic rings. The van der Waals surface area contributed by atoms with Crippen molar-refractivity contribution < 1.29 is 5.11 Å². The van der Waals surface area contributed by atoms with Crippen LogP contribution in [0.2, 0.25) is 0 Å². The lowest BCUT2D eigenvalue weighted by atomic mass is 9.92. The fourth-order valence-electron chi connectivity index (χ4n) is 2.30. The average molecular weight is 329 g/mol. The minimum absolute atomic E-state index is 0.140. The van der Waals surface area contributed by atoms with E-state index in [-0.39, 0.29) is 12.1 Å². The van der Waals surface area contributed by atoms with Crippen LogP contribution in [0.25, 0.3) is 0 Å². The van der Waals surface area contributed by atoms with Crippen LogP contribution >= 0.6 is 28.1 Å². The van der Waals surface area contributed by atoms with E-state index >= 15 is 0 Å². The van der Waals surface area contributed by atoms with Crippen LogP contribution in [0.3, 0.4) is 0 Å². The second-order valence-corrected chi connectivity index (χ2v) is 5.96. The number of aliphatic hydroxyl groups excluding tert-OH is 1. The molecule has 1 fully saturated rings. The van der Waals surface area contributed by atoms with Gasteiger partial charge in [-0.25, -0.2) is 0 Å². The second kappa shape index (κ2) is 5.99. The summed E-state index contributed by atoms with van der Waals surface area (Å²) in [5, 5.41) is 13.3. The monoisotopic (exact) mass is 328 g/mol. The molecule has 1 aromatic carbocycles. The van der Waals surface area contributed by atoms with Gasteiger partial charge < -0.3 is 16.2 Å². The second-order valence-electron chi connectivity index (χ2n) is 4.66. The zero-order valence-electron chi connectivity index (χ0n) is 10.0. The zero-order chi connectivity index (χ0) is 13.1. The van der Waals surface area contributed by atoms with Crippen LogP contribution in [0.15, 0.2) is 22.7 Å². The third-order valence-electron chi connectivity index (χ3n) is 3.32. The molecule has 4 N–H and O–H groups in total. The lowest BCUT2D eigenvalue weighted by molar-refractivity contribution is 0.116. The Morgan fingerprint density at radius 1 is 1.39 bits per heavy atom. The van der Waals surface area contributed by atoms with Gasteiger partial charge in [-0.2, -0.15) is 0 Å². The van der Waals surface area contributed by atoms with Crippen molar-refractivity contribution in [2.45, 2.75) is 37.8 Å². The Morgan fingerprint density at radius 3 is 2.72 bits per heavy atom. The maximum Gasteiger partial charge on any atom is 0.105 e. The lowest BCUT2D eigenvalue weighted by Crippen LogP contribution is -2.36. The molecule has 0 bridgehead atoms. The molecule has 2 unspecified atom stereocenters. The van der Waals surface area contributed by atoms with Crippen molar-refractivity contribution in [3.63, 3.8) is 0 Å². The first kappa shape index (κ1) is 13.8. The first-order chi connectivity index (χ1) is 8.58. The SMILES string of the molecule is NC(=S)c1ccc(NC2CCCCC2O)cc1Br. The van der Waals surface area contributed by atoms with E-state index in [4.69, 9.17) is 18.0 Å². The number of thiocarbonyl (C=S) groups is 1. The van der Waals surface area contributed by atoms with E-state index in [0.29, 0.717) is 4.99 Å². The van der Waals surface area contributed by atoms with Gasteiger partial charge in [0.25, 0.3) is 0 Å². The minimum atomic E-state index is -0.257. The van der Waals surface area contributed by atoms with Gasteiger partial charge in [0.05, 0.1) is 12.1 Å².